The number of anilines is 1. The van der Waals surface area contributed by atoms with E-state index >= 15 is 0 Å². The Balaban J connectivity index is 1.89. The zero-order valence-electron chi connectivity index (χ0n) is 12.8. The molecule has 8 heteroatoms. The van der Waals surface area contributed by atoms with Crippen molar-refractivity contribution in [1.82, 2.24) is 20.5 Å². The van der Waals surface area contributed by atoms with E-state index in [1.54, 1.807) is 12.3 Å². The minimum atomic E-state index is -0.325. The minimum absolute atomic E-state index is 0.325. The van der Waals surface area contributed by atoms with E-state index in [2.05, 4.69) is 41.7 Å². The van der Waals surface area contributed by atoms with Crippen molar-refractivity contribution in [3.8, 4) is 22.9 Å². The smallest absolute Gasteiger partial charge is 0.320 e. The first-order chi connectivity index (χ1) is 11.7. The van der Waals surface area contributed by atoms with Gasteiger partial charge in [-0.05, 0) is 41.1 Å². The van der Waals surface area contributed by atoms with Gasteiger partial charge in [0.15, 0.2) is 0 Å². The fourth-order valence-electron chi connectivity index (χ4n) is 2.02. The number of nitrogens with zero attached hydrogens (tertiary/aromatic N) is 3. The van der Waals surface area contributed by atoms with Crippen LogP contribution >= 0.6 is 15.9 Å². The summed E-state index contributed by atoms with van der Waals surface area (Å²) < 4.78 is 6.42. The highest BCUT2D eigenvalue weighted by molar-refractivity contribution is 9.10. The molecule has 3 rings (SSSR count). The summed E-state index contributed by atoms with van der Waals surface area (Å²) >= 11 is 3.41. The van der Waals surface area contributed by atoms with Crippen molar-refractivity contribution < 1.29 is 9.21 Å². The van der Waals surface area contributed by atoms with Gasteiger partial charge in [0, 0.05) is 22.8 Å². The van der Waals surface area contributed by atoms with E-state index in [4.69, 9.17) is 4.42 Å². The van der Waals surface area contributed by atoms with Crippen molar-refractivity contribution in [3.05, 3.63) is 47.1 Å². The highest BCUT2D eigenvalue weighted by Gasteiger charge is 2.15. The lowest BCUT2D eigenvalue weighted by molar-refractivity contribution is 0.252. The molecule has 0 unspecified atom stereocenters. The third-order valence-corrected chi connectivity index (χ3v) is 3.74. The first-order valence-corrected chi connectivity index (χ1v) is 8.06. The van der Waals surface area contributed by atoms with E-state index in [0.717, 1.165) is 5.56 Å². The molecule has 0 fully saturated rings. The molecule has 1 aromatic carbocycles. The third kappa shape index (κ3) is 3.60. The molecule has 24 heavy (non-hydrogen) atoms. The summed E-state index contributed by atoms with van der Waals surface area (Å²) in [6.07, 6.45) is 1.57. The van der Waals surface area contributed by atoms with Gasteiger partial charge in [-0.3, -0.25) is 5.32 Å². The van der Waals surface area contributed by atoms with Crippen LogP contribution in [-0.2, 0) is 0 Å². The van der Waals surface area contributed by atoms with E-state index in [1.807, 2.05) is 37.3 Å². The summed E-state index contributed by atoms with van der Waals surface area (Å²) in [5, 5.41) is 13.4. The Bertz CT molecular complexity index is 851. The Hall–Kier alpha value is -2.74. The summed E-state index contributed by atoms with van der Waals surface area (Å²) in [6.45, 7) is 2.36. The molecule has 0 radical (unpaired) electrons. The van der Waals surface area contributed by atoms with Gasteiger partial charge in [0.25, 0.3) is 0 Å². The summed E-state index contributed by atoms with van der Waals surface area (Å²) in [6, 6.07) is 10.8. The van der Waals surface area contributed by atoms with E-state index in [9.17, 15) is 4.79 Å². The molecule has 7 nitrogen and oxygen atoms in total. The lowest BCUT2D eigenvalue weighted by Crippen LogP contribution is -2.28. The number of halogens is 1. The Morgan fingerprint density at radius 3 is 2.71 bits per heavy atom. The maximum atomic E-state index is 11.6. The van der Waals surface area contributed by atoms with E-state index in [1.165, 1.54) is 0 Å². The Kier molecular flexibility index (Phi) is 4.85. The van der Waals surface area contributed by atoms with Gasteiger partial charge in [-0.1, -0.05) is 18.2 Å². The number of rotatable bonds is 4. The fourth-order valence-corrected chi connectivity index (χ4v) is 2.41. The number of carbonyl (C=O) groups excluding carboxylic acids is 1. The van der Waals surface area contributed by atoms with Crippen molar-refractivity contribution in [2.24, 2.45) is 0 Å². The van der Waals surface area contributed by atoms with Crippen molar-refractivity contribution in [2.45, 2.75) is 6.92 Å². The number of hydrogen-bond acceptors (Lipinski definition) is 5. The summed E-state index contributed by atoms with van der Waals surface area (Å²) in [5.74, 6) is 1.15. The van der Waals surface area contributed by atoms with Crippen molar-refractivity contribution in [2.75, 3.05) is 11.9 Å². The van der Waals surface area contributed by atoms with Crippen LogP contribution in [-0.4, -0.2) is 27.8 Å². The molecule has 2 aromatic heterocycles. The Morgan fingerprint density at radius 2 is 1.96 bits per heavy atom. The molecule has 2 N–H and O–H groups in total. The molecule has 0 aliphatic heterocycles. The van der Waals surface area contributed by atoms with Gasteiger partial charge in [0.2, 0.25) is 11.8 Å². The second-order valence-electron chi connectivity index (χ2n) is 4.81. The van der Waals surface area contributed by atoms with Gasteiger partial charge in [-0.2, -0.15) is 0 Å². The van der Waals surface area contributed by atoms with Gasteiger partial charge in [0.05, 0.1) is 5.56 Å². The van der Waals surface area contributed by atoms with Crippen LogP contribution in [0.5, 0.6) is 0 Å². The SMILES string of the molecule is CCNC(=O)Nc1cc(-c2nnc(-c3ccccc3)o2)c(Br)cn1. The number of urea groups is 1. The number of nitrogens with one attached hydrogen (secondary N) is 2. The normalized spacial score (nSPS) is 10.4. The van der Waals surface area contributed by atoms with Crippen LogP contribution in [0.1, 0.15) is 6.92 Å². The maximum absolute atomic E-state index is 11.6. The van der Waals surface area contributed by atoms with Crippen molar-refractivity contribution >= 4 is 27.8 Å². The highest BCUT2D eigenvalue weighted by atomic mass is 79.9. The minimum Gasteiger partial charge on any atom is -0.416 e. The van der Waals surface area contributed by atoms with E-state index in [-0.39, 0.29) is 6.03 Å². The highest BCUT2D eigenvalue weighted by Crippen LogP contribution is 2.30. The molecule has 3 aromatic rings. The molecule has 0 atom stereocenters. The monoisotopic (exact) mass is 387 g/mol. The number of carbonyl (C=O) groups is 1. The lowest BCUT2D eigenvalue weighted by atomic mass is 10.2. The van der Waals surface area contributed by atoms with Crippen molar-refractivity contribution in [3.63, 3.8) is 0 Å². The van der Waals surface area contributed by atoms with E-state index < -0.39 is 0 Å². The van der Waals surface area contributed by atoms with Crippen LogP contribution in [0.3, 0.4) is 0 Å². The molecular formula is C16H14BrN5O2. The fraction of sp³-hybridized carbons (Fsp3) is 0.125. The van der Waals surface area contributed by atoms with Crippen LogP contribution in [0.4, 0.5) is 10.6 Å². The van der Waals surface area contributed by atoms with Crippen LogP contribution in [0, 0.1) is 0 Å². The largest absolute Gasteiger partial charge is 0.416 e. The molecule has 0 aliphatic rings. The topological polar surface area (TPSA) is 92.9 Å². The summed E-state index contributed by atoms with van der Waals surface area (Å²) in [5.41, 5.74) is 1.48. The molecule has 2 heterocycles. The lowest BCUT2D eigenvalue weighted by Gasteiger charge is -2.06. The molecule has 0 spiro atoms. The zero-order chi connectivity index (χ0) is 16.9. The first-order valence-electron chi connectivity index (χ1n) is 7.27. The average Bonchev–Trinajstić information content (AvgIpc) is 3.07. The van der Waals surface area contributed by atoms with Crippen LogP contribution < -0.4 is 10.6 Å². The van der Waals surface area contributed by atoms with Crippen LogP contribution in [0.15, 0.2) is 51.5 Å². The Morgan fingerprint density at radius 1 is 1.21 bits per heavy atom. The molecular weight excluding hydrogens is 374 g/mol. The first kappa shape index (κ1) is 16.1. The van der Waals surface area contributed by atoms with Gasteiger partial charge in [-0.15, -0.1) is 10.2 Å². The third-order valence-electron chi connectivity index (χ3n) is 3.11. The predicted molar refractivity (Wildman–Crippen MR) is 93.4 cm³/mol. The van der Waals surface area contributed by atoms with Crippen LogP contribution in [0.25, 0.3) is 22.9 Å². The second kappa shape index (κ2) is 7.22. The molecule has 122 valence electrons. The number of hydrogen-bond donors (Lipinski definition) is 2. The van der Waals surface area contributed by atoms with E-state index in [0.29, 0.717) is 34.2 Å². The van der Waals surface area contributed by atoms with Crippen LogP contribution in [0.2, 0.25) is 0 Å². The second-order valence-corrected chi connectivity index (χ2v) is 5.67. The maximum Gasteiger partial charge on any atom is 0.320 e. The average molecular weight is 388 g/mol. The quantitative estimate of drug-likeness (QED) is 0.711. The predicted octanol–water partition coefficient (Wildman–Crippen LogP) is 3.70. The number of amides is 2. The number of aromatic nitrogens is 3. The molecule has 0 saturated heterocycles. The van der Waals surface area contributed by atoms with Gasteiger partial charge >= 0.3 is 6.03 Å². The molecule has 0 saturated carbocycles. The molecule has 0 aliphatic carbocycles. The Labute approximate surface area is 146 Å². The number of benzene rings is 1. The molecule has 2 amide bonds. The van der Waals surface area contributed by atoms with Gasteiger partial charge in [0.1, 0.15) is 5.82 Å². The summed E-state index contributed by atoms with van der Waals surface area (Å²) in [7, 11) is 0. The van der Waals surface area contributed by atoms with Gasteiger partial charge in [-0.25, -0.2) is 9.78 Å². The zero-order valence-corrected chi connectivity index (χ0v) is 14.4. The standard InChI is InChI=1S/C16H14BrN5O2/c1-2-18-16(23)20-13-8-11(12(17)9-19-13)15-22-21-14(24-15)10-6-4-3-5-7-10/h3-9H,2H2,1H3,(H2,18,19,20,23). The molecule has 0 bridgehead atoms. The number of pyridine rings is 1. The van der Waals surface area contributed by atoms with Crippen molar-refractivity contribution in [1.29, 1.82) is 0 Å². The van der Waals surface area contributed by atoms with Gasteiger partial charge < -0.3 is 9.73 Å². The summed E-state index contributed by atoms with van der Waals surface area (Å²) in [4.78, 5) is 15.8.